The highest BCUT2D eigenvalue weighted by molar-refractivity contribution is 7.93. The van der Waals surface area contributed by atoms with E-state index in [2.05, 4.69) is 9.44 Å². The van der Waals surface area contributed by atoms with E-state index in [4.69, 9.17) is 11.6 Å². The predicted octanol–water partition coefficient (Wildman–Crippen LogP) is 2.05. The Morgan fingerprint density at radius 2 is 1.41 bits per heavy atom. The Labute approximate surface area is 134 Å². The molecule has 2 aromatic rings. The molecule has 22 heavy (non-hydrogen) atoms. The first-order valence-electron chi connectivity index (χ1n) is 6.06. The molecule has 2 aromatic carbocycles. The smallest absolute Gasteiger partial charge is 0.261 e. The van der Waals surface area contributed by atoms with Crippen LogP contribution in [0.15, 0.2) is 58.3 Å². The molecule has 0 radical (unpaired) electrons. The van der Waals surface area contributed by atoms with E-state index in [1.807, 2.05) is 0 Å². The largest absolute Gasteiger partial charge is 0.280 e. The van der Waals surface area contributed by atoms with E-state index in [-0.39, 0.29) is 9.79 Å². The Balaban J connectivity index is 2.38. The van der Waals surface area contributed by atoms with Crippen molar-refractivity contribution in [3.63, 3.8) is 0 Å². The van der Waals surface area contributed by atoms with E-state index < -0.39 is 20.0 Å². The van der Waals surface area contributed by atoms with Gasteiger partial charge in [-0.05, 0) is 49.5 Å². The third-order valence-electron chi connectivity index (χ3n) is 2.79. The van der Waals surface area contributed by atoms with Crippen molar-refractivity contribution in [2.24, 2.45) is 0 Å². The second-order valence-corrected chi connectivity index (χ2v) is 8.30. The maximum absolute atomic E-state index is 12.3. The molecular formula is C13H13ClN2O4S2. The lowest BCUT2D eigenvalue weighted by Gasteiger charge is -2.09. The van der Waals surface area contributed by atoms with Crippen molar-refractivity contribution in [1.82, 2.24) is 4.72 Å². The van der Waals surface area contributed by atoms with Gasteiger partial charge in [0.25, 0.3) is 10.0 Å². The Kier molecular flexibility index (Phi) is 4.76. The maximum Gasteiger partial charge on any atom is 0.261 e. The topological polar surface area (TPSA) is 92.3 Å². The van der Waals surface area contributed by atoms with Crippen LogP contribution in [0.3, 0.4) is 0 Å². The lowest BCUT2D eigenvalue weighted by molar-refractivity contribution is 0.588. The summed E-state index contributed by atoms with van der Waals surface area (Å²) in [7, 11) is -6.37. The molecule has 0 saturated heterocycles. The van der Waals surface area contributed by atoms with E-state index >= 15 is 0 Å². The molecule has 0 amide bonds. The van der Waals surface area contributed by atoms with Crippen molar-refractivity contribution >= 4 is 37.3 Å². The molecule has 9 heteroatoms. The molecule has 2 N–H and O–H groups in total. The minimum absolute atomic E-state index is 0.131. The van der Waals surface area contributed by atoms with Crippen molar-refractivity contribution < 1.29 is 16.8 Å². The molecule has 118 valence electrons. The molecule has 0 atom stereocenters. The van der Waals surface area contributed by atoms with Crippen molar-refractivity contribution in [1.29, 1.82) is 0 Å². The zero-order valence-electron chi connectivity index (χ0n) is 11.4. The van der Waals surface area contributed by atoms with E-state index in [0.717, 1.165) is 6.07 Å². The van der Waals surface area contributed by atoms with Crippen LogP contribution in [-0.4, -0.2) is 23.9 Å². The minimum Gasteiger partial charge on any atom is -0.280 e. The monoisotopic (exact) mass is 360 g/mol. The standard InChI is InChI=1S/C13H13ClN2O4S2/c1-15-21(17,18)12-3-2-4-13(9-12)22(19,20)16-11-7-5-10(14)6-8-11/h2-9,15-16H,1H3. The molecule has 0 bridgehead atoms. The predicted molar refractivity (Wildman–Crippen MR) is 84.9 cm³/mol. The van der Waals surface area contributed by atoms with Crippen LogP contribution in [0.2, 0.25) is 5.02 Å². The number of sulfonamides is 2. The first kappa shape index (κ1) is 16.8. The van der Waals surface area contributed by atoms with E-state index in [0.29, 0.717) is 10.7 Å². The molecule has 0 aliphatic carbocycles. The van der Waals surface area contributed by atoms with Gasteiger partial charge in [0.1, 0.15) is 0 Å². The van der Waals surface area contributed by atoms with Crippen molar-refractivity contribution in [2.45, 2.75) is 9.79 Å². The fourth-order valence-electron chi connectivity index (χ4n) is 1.66. The fraction of sp³-hybridized carbons (Fsp3) is 0.0769. The lowest BCUT2D eigenvalue weighted by Crippen LogP contribution is -2.19. The van der Waals surface area contributed by atoms with Gasteiger partial charge in [0.05, 0.1) is 9.79 Å². The number of halogens is 1. The first-order valence-corrected chi connectivity index (χ1v) is 9.41. The van der Waals surface area contributed by atoms with Gasteiger partial charge in [-0.3, -0.25) is 4.72 Å². The summed E-state index contributed by atoms with van der Waals surface area (Å²) in [6.45, 7) is 0. The number of rotatable bonds is 5. The maximum atomic E-state index is 12.3. The molecule has 0 spiro atoms. The molecule has 2 rings (SSSR count). The van der Waals surface area contributed by atoms with E-state index in [1.165, 1.54) is 37.4 Å². The molecule has 0 aliphatic heterocycles. The van der Waals surface area contributed by atoms with Crippen LogP contribution in [0.1, 0.15) is 0 Å². The van der Waals surface area contributed by atoms with E-state index in [9.17, 15) is 16.8 Å². The second kappa shape index (κ2) is 6.25. The highest BCUT2D eigenvalue weighted by atomic mass is 35.5. The zero-order valence-corrected chi connectivity index (χ0v) is 13.8. The highest BCUT2D eigenvalue weighted by Crippen LogP contribution is 2.20. The molecular weight excluding hydrogens is 348 g/mol. The zero-order chi connectivity index (χ0) is 16.4. The van der Waals surface area contributed by atoms with Crippen molar-refractivity contribution in [2.75, 3.05) is 11.8 Å². The Morgan fingerprint density at radius 1 is 0.864 bits per heavy atom. The summed E-state index contributed by atoms with van der Waals surface area (Å²) in [6, 6.07) is 11.2. The average molecular weight is 361 g/mol. The van der Waals surface area contributed by atoms with Crippen LogP contribution < -0.4 is 9.44 Å². The van der Waals surface area contributed by atoms with Crippen LogP contribution in [0.5, 0.6) is 0 Å². The fourth-order valence-corrected chi connectivity index (χ4v) is 3.74. The van der Waals surface area contributed by atoms with Crippen LogP contribution in [0.4, 0.5) is 5.69 Å². The number of hydrogen-bond acceptors (Lipinski definition) is 4. The Hall–Kier alpha value is -1.61. The third-order valence-corrected chi connectivity index (χ3v) is 5.83. The average Bonchev–Trinajstić information content (AvgIpc) is 2.49. The van der Waals surface area contributed by atoms with E-state index in [1.54, 1.807) is 12.1 Å². The molecule has 0 unspecified atom stereocenters. The normalized spacial score (nSPS) is 12.1. The molecule has 0 aromatic heterocycles. The second-order valence-electron chi connectivity index (χ2n) is 4.29. The number of hydrogen-bond donors (Lipinski definition) is 2. The van der Waals surface area contributed by atoms with Gasteiger partial charge in [-0.2, -0.15) is 0 Å². The summed E-state index contributed by atoms with van der Waals surface area (Å²) in [5.74, 6) is 0. The van der Waals surface area contributed by atoms with Gasteiger partial charge in [-0.15, -0.1) is 0 Å². The highest BCUT2D eigenvalue weighted by Gasteiger charge is 2.18. The van der Waals surface area contributed by atoms with Crippen molar-refractivity contribution in [3.05, 3.63) is 53.6 Å². The molecule has 0 saturated carbocycles. The minimum atomic E-state index is -3.90. The van der Waals surface area contributed by atoms with Crippen LogP contribution >= 0.6 is 11.6 Å². The van der Waals surface area contributed by atoms with Gasteiger partial charge >= 0.3 is 0 Å². The lowest BCUT2D eigenvalue weighted by atomic mass is 10.3. The Morgan fingerprint density at radius 3 is 1.95 bits per heavy atom. The molecule has 6 nitrogen and oxygen atoms in total. The summed E-state index contributed by atoms with van der Waals surface area (Å²) in [5.41, 5.74) is 0.325. The van der Waals surface area contributed by atoms with Gasteiger partial charge in [0, 0.05) is 10.7 Å². The Bertz CT molecular complexity index is 879. The molecule has 0 aliphatic rings. The summed E-state index contributed by atoms with van der Waals surface area (Å²) in [4.78, 5) is -0.284. The number of benzene rings is 2. The SMILES string of the molecule is CNS(=O)(=O)c1cccc(S(=O)(=O)Nc2ccc(Cl)cc2)c1. The van der Waals surface area contributed by atoms with Crippen LogP contribution in [0.25, 0.3) is 0 Å². The third kappa shape index (κ3) is 3.77. The quantitative estimate of drug-likeness (QED) is 0.853. The van der Waals surface area contributed by atoms with Gasteiger partial charge < -0.3 is 0 Å². The van der Waals surface area contributed by atoms with Gasteiger partial charge in [-0.25, -0.2) is 21.6 Å². The summed E-state index contributed by atoms with van der Waals surface area (Å²) in [5, 5.41) is 0.477. The van der Waals surface area contributed by atoms with Crippen molar-refractivity contribution in [3.8, 4) is 0 Å². The first-order chi connectivity index (χ1) is 10.2. The van der Waals surface area contributed by atoms with Gasteiger partial charge in [-0.1, -0.05) is 17.7 Å². The summed E-state index contributed by atoms with van der Waals surface area (Å²) in [6.07, 6.45) is 0. The summed E-state index contributed by atoms with van der Waals surface area (Å²) < 4.78 is 52.6. The van der Waals surface area contributed by atoms with Gasteiger partial charge in [0.15, 0.2) is 0 Å². The van der Waals surface area contributed by atoms with Crippen LogP contribution in [-0.2, 0) is 20.0 Å². The number of anilines is 1. The van der Waals surface area contributed by atoms with Gasteiger partial charge in [0.2, 0.25) is 10.0 Å². The van der Waals surface area contributed by atoms with Crippen LogP contribution in [0, 0.1) is 0 Å². The molecule has 0 fully saturated rings. The summed E-state index contributed by atoms with van der Waals surface area (Å²) >= 11 is 5.74. The molecule has 0 heterocycles. The number of nitrogens with one attached hydrogen (secondary N) is 2.